The van der Waals surface area contributed by atoms with Gasteiger partial charge in [0.25, 0.3) is 0 Å². The number of rotatable bonds is 8. The molecule has 0 radical (unpaired) electrons. The van der Waals surface area contributed by atoms with Crippen LogP contribution in [0.1, 0.15) is 46.0 Å². The van der Waals surface area contributed by atoms with Gasteiger partial charge in [-0.05, 0) is 38.0 Å². The molecule has 2 aliphatic rings. The van der Waals surface area contributed by atoms with Crippen molar-refractivity contribution in [2.45, 2.75) is 70.1 Å². The monoisotopic (exact) mass is 428 g/mol. The molecule has 2 rings (SSSR count). The van der Waals surface area contributed by atoms with Gasteiger partial charge in [-0.1, -0.05) is 13.8 Å². The number of amides is 3. The van der Waals surface area contributed by atoms with Crippen LogP contribution in [0.15, 0.2) is 0 Å². The van der Waals surface area contributed by atoms with Crippen LogP contribution in [0.3, 0.4) is 0 Å². The van der Waals surface area contributed by atoms with Gasteiger partial charge < -0.3 is 26.0 Å². The summed E-state index contributed by atoms with van der Waals surface area (Å²) in [5.41, 5.74) is 5.90. The zero-order chi connectivity index (χ0) is 21.7. The van der Waals surface area contributed by atoms with Crippen LogP contribution >= 0.6 is 12.6 Å². The molecule has 2 heterocycles. The van der Waals surface area contributed by atoms with E-state index in [1.807, 2.05) is 13.8 Å². The smallest absolute Gasteiger partial charge is 0.326 e. The summed E-state index contributed by atoms with van der Waals surface area (Å²) in [6.07, 6.45) is 2.67. The number of carboxylic acids is 1. The van der Waals surface area contributed by atoms with Gasteiger partial charge in [-0.25, -0.2) is 4.79 Å². The minimum absolute atomic E-state index is 0.0812. The van der Waals surface area contributed by atoms with E-state index in [0.29, 0.717) is 45.2 Å². The van der Waals surface area contributed by atoms with E-state index in [-0.39, 0.29) is 23.5 Å². The van der Waals surface area contributed by atoms with Crippen molar-refractivity contribution < 1.29 is 24.3 Å². The zero-order valence-corrected chi connectivity index (χ0v) is 17.9. The fourth-order valence-electron chi connectivity index (χ4n) is 4.05. The van der Waals surface area contributed by atoms with Gasteiger partial charge in [-0.15, -0.1) is 0 Å². The summed E-state index contributed by atoms with van der Waals surface area (Å²) < 4.78 is 0. The molecule has 0 aromatic carbocycles. The molecule has 0 aromatic heterocycles. The highest BCUT2D eigenvalue weighted by Crippen LogP contribution is 2.25. The third kappa shape index (κ3) is 5.63. The van der Waals surface area contributed by atoms with Crippen LogP contribution in [0.2, 0.25) is 0 Å². The lowest BCUT2D eigenvalue weighted by Gasteiger charge is -2.32. The maximum Gasteiger partial charge on any atom is 0.326 e. The van der Waals surface area contributed by atoms with Crippen molar-refractivity contribution in [2.24, 2.45) is 11.7 Å². The molecular weight excluding hydrogens is 396 g/mol. The predicted molar refractivity (Wildman–Crippen MR) is 110 cm³/mol. The summed E-state index contributed by atoms with van der Waals surface area (Å²) in [5.74, 6) is -1.83. The van der Waals surface area contributed by atoms with E-state index in [9.17, 15) is 24.3 Å². The molecule has 2 aliphatic heterocycles. The number of carbonyl (C=O) groups is 4. The third-order valence-electron chi connectivity index (χ3n) is 5.50. The van der Waals surface area contributed by atoms with E-state index in [0.717, 1.165) is 0 Å². The number of carboxylic acid groups (broad SMARTS) is 1. The van der Waals surface area contributed by atoms with Crippen molar-refractivity contribution in [3.8, 4) is 0 Å². The molecule has 4 unspecified atom stereocenters. The molecule has 0 saturated carbocycles. The van der Waals surface area contributed by atoms with Gasteiger partial charge in [-0.2, -0.15) is 12.6 Å². The average molecular weight is 429 g/mol. The predicted octanol–water partition coefficient (Wildman–Crippen LogP) is -0.159. The van der Waals surface area contributed by atoms with Crippen LogP contribution in [0, 0.1) is 5.92 Å². The zero-order valence-electron chi connectivity index (χ0n) is 17.0. The normalized spacial score (nSPS) is 23.9. The Kier molecular flexibility index (Phi) is 8.33. The van der Waals surface area contributed by atoms with Gasteiger partial charge in [0.15, 0.2) is 0 Å². The molecule has 3 amide bonds. The van der Waals surface area contributed by atoms with Crippen molar-refractivity contribution in [1.82, 2.24) is 15.1 Å². The van der Waals surface area contributed by atoms with Crippen LogP contribution < -0.4 is 11.1 Å². The number of carbonyl (C=O) groups excluding carboxylic acids is 3. The minimum atomic E-state index is -1.02. The lowest BCUT2D eigenvalue weighted by atomic mass is 10.0. The van der Waals surface area contributed by atoms with Crippen molar-refractivity contribution in [1.29, 1.82) is 0 Å². The fraction of sp³-hybridized carbons (Fsp3) is 0.789. The minimum Gasteiger partial charge on any atom is -0.480 e. The Morgan fingerprint density at radius 3 is 2.24 bits per heavy atom. The Morgan fingerprint density at radius 2 is 1.69 bits per heavy atom. The molecule has 0 aromatic rings. The summed E-state index contributed by atoms with van der Waals surface area (Å²) in [7, 11) is 0. The Hall–Kier alpha value is -1.81. The second-order valence-electron chi connectivity index (χ2n) is 8.20. The highest BCUT2D eigenvalue weighted by atomic mass is 32.1. The highest BCUT2D eigenvalue weighted by molar-refractivity contribution is 7.80. The van der Waals surface area contributed by atoms with E-state index >= 15 is 0 Å². The quantitative estimate of drug-likeness (QED) is 0.397. The van der Waals surface area contributed by atoms with E-state index < -0.39 is 36.0 Å². The lowest BCUT2D eigenvalue weighted by Crippen LogP contribution is -2.57. The summed E-state index contributed by atoms with van der Waals surface area (Å²) in [6.45, 7) is 4.68. The standard InChI is InChI=1S/C19H32N4O5S/c1-11(2)9-12(20)16(24)21-13(10-29)17(25)22-7-3-5-14(22)18(26)23-8-4-6-15(23)19(27)28/h11-15,29H,3-10,20H2,1-2H3,(H,21,24)(H,27,28). The molecule has 2 saturated heterocycles. The topological polar surface area (TPSA) is 133 Å². The molecule has 0 bridgehead atoms. The van der Waals surface area contributed by atoms with E-state index in [2.05, 4.69) is 17.9 Å². The van der Waals surface area contributed by atoms with Gasteiger partial charge in [0.05, 0.1) is 6.04 Å². The van der Waals surface area contributed by atoms with E-state index in [1.165, 1.54) is 9.80 Å². The van der Waals surface area contributed by atoms with Crippen molar-refractivity contribution in [2.75, 3.05) is 18.8 Å². The summed E-state index contributed by atoms with van der Waals surface area (Å²) in [4.78, 5) is 52.6. The number of likely N-dealkylation sites (tertiary alicyclic amines) is 2. The third-order valence-corrected chi connectivity index (χ3v) is 5.87. The lowest BCUT2D eigenvalue weighted by molar-refractivity contribution is -0.152. The van der Waals surface area contributed by atoms with Crippen LogP contribution in [-0.2, 0) is 19.2 Å². The van der Waals surface area contributed by atoms with Crippen LogP contribution in [0.25, 0.3) is 0 Å². The van der Waals surface area contributed by atoms with Gasteiger partial charge >= 0.3 is 5.97 Å². The average Bonchev–Trinajstić information content (AvgIpc) is 3.33. The van der Waals surface area contributed by atoms with Crippen molar-refractivity contribution >= 4 is 36.3 Å². The van der Waals surface area contributed by atoms with Gasteiger partial charge in [0.1, 0.15) is 18.1 Å². The second kappa shape index (κ2) is 10.3. The Morgan fingerprint density at radius 1 is 1.10 bits per heavy atom. The van der Waals surface area contributed by atoms with Gasteiger partial charge in [-0.3, -0.25) is 14.4 Å². The molecule has 29 heavy (non-hydrogen) atoms. The number of nitrogens with one attached hydrogen (secondary N) is 1. The van der Waals surface area contributed by atoms with Gasteiger partial charge in [0, 0.05) is 18.8 Å². The molecule has 2 fully saturated rings. The maximum absolute atomic E-state index is 13.0. The molecule has 164 valence electrons. The number of aliphatic carboxylic acids is 1. The summed E-state index contributed by atoms with van der Waals surface area (Å²) >= 11 is 4.19. The first kappa shape index (κ1) is 23.5. The first-order chi connectivity index (χ1) is 13.7. The molecule has 4 atom stereocenters. The van der Waals surface area contributed by atoms with Crippen molar-refractivity contribution in [3.63, 3.8) is 0 Å². The Labute approximate surface area is 176 Å². The van der Waals surface area contributed by atoms with Crippen LogP contribution in [0.4, 0.5) is 0 Å². The largest absolute Gasteiger partial charge is 0.480 e. The van der Waals surface area contributed by atoms with Crippen LogP contribution in [0.5, 0.6) is 0 Å². The fourth-order valence-corrected chi connectivity index (χ4v) is 4.29. The number of thiol groups is 1. The highest BCUT2D eigenvalue weighted by Gasteiger charge is 2.43. The first-order valence-electron chi connectivity index (χ1n) is 10.2. The molecule has 0 spiro atoms. The molecule has 10 heteroatoms. The number of hydrogen-bond acceptors (Lipinski definition) is 6. The second-order valence-corrected chi connectivity index (χ2v) is 8.56. The molecular formula is C19H32N4O5S. The number of nitrogens with zero attached hydrogens (tertiary/aromatic N) is 2. The molecule has 9 nitrogen and oxygen atoms in total. The summed E-state index contributed by atoms with van der Waals surface area (Å²) in [5, 5.41) is 12.0. The van der Waals surface area contributed by atoms with Gasteiger partial charge in [0.2, 0.25) is 17.7 Å². The molecule has 0 aliphatic carbocycles. The van der Waals surface area contributed by atoms with E-state index in [4.69, 9.17) is 5.73 Å². The number of nitrogens with two attached hydrogens (primary N) is 1. The summed E-state index contributed by atoms with van der Waals surface area (Å²) in [6, 6.07) is -3.14. The van der Waals surface area contributed by atoms with Crippen molar-refractivity contribution in [3.05, 3.63) is 0 Å². The SMILES string of the molecule is CC(C)CC(N)C(=O)NC(CS)C(=O)N1CCCC1C(=O)N1CCCC1C(=O)O. The Balaban J connectivity index is 2.06. The number of hydrogen-bond donors (Lipinski definition) is 4. The van der Waals surface area contributed by atoms with Crippen LogP contribution in [-0.4, -0.2) is 81.6 Å². The Bertz CT molecular complexity index is 644. The first-order valence-corrected chi connectivity index (χ1v) is 10.8. The van der Waals surface area contributed by atoms with E-state index in [1.54, 1.807) is 0 Å². The maximum atomic E-state index is 13.0. The molecule has 4 N–H and O–H groups in total.